The molecule has 0 radical (unpaired) electrons. The molecule has 0 unspecified atom stereocenters. The van der Waals surface area contributed by atoms with Gasteiger partial charge in [-0.25, -0.2) is 4.79 Å². The number of esters is 1. The average molecular weight is 210 g/mol. The number of allylic oxidation sites excluding steroid dienone is 3. The van der Waals surface area contributed by atoms with Gasteiger partial charge >= 0.3 is 5.97 Å². The predicted octanol–water partition coefficient (Wildman–Crippen LogP) is 3.63. The van der Waals surface area contributed by atoms with Crippen LogP contribution in [-0.2, 0) is 9.53 Å². The Labute approximate surface area is 93.0 Å². The maximum Gasteiger partial charge on any atom is 0.333 e. The predicted molar refractivity (Wildman–Crippen MR) is 63.7 cm³/mol. The van der Waals surface area contributed by atoms with Crippen molar-refractivity contribution in [3.63, 3.8) is 0 Å². The third-order valence-electron chi connectivity index (χ3n) is 2.13. The van der Waals surface area contributed by atoms with Gasteiger partial charge < -0.3 is 4.74 Å². The minimum atomic E-state index is -0.199. The lowest BCUT2D eigenvalue weighted by atomic mass is 10.2. The molecule has 0 aliphatic carbocycles. The van der Waals surface area contributed by atoms with E-state index in [2.05, 4.69) is 19.1 Å². The minimum absolute atomic E-state index is 0.199. The Hall–Kier alpha value is -1.05. The second-order valence-electron chi connectivity index (χ2n) is 3.51. The number of rotatable bonds is 7. The van der Waals surface area contributed by atoms with Gasteiger partial charge in [0.25, 0.3) is 0 Å². The third kappa shape index (κ3) is 7.98. The summed E-state index contributed by atoms with van der Waals surface area (Å²) < 4.78 is 5.06. The lowest BCUT2D eigenvalue weighted by molar-refractivity contribution is -0.139. The Balaban J connectivity index is 3.43. The normalized spacial score (nSPS) is 12.1. The van der Waals surface area contributed by atoms with Crippen LogP contribution in [0.1, 0.15) is 46.5 Å². The van der Waals surface area contributed by atoms with Crippen LogP contribution in [-0.4, -0.2) is 12.6 Å². The second-order valence-corrected chi connectivity index (χ2v) is 3.51. The van der Waals surface area contributed by atoms with Crippen LogP contribution in [0.5, 0.6) is 0 Å². The molecular formula is C13H22O2. The first-order valence-corrected chi connectivity index (χ1v) is 5.67. The molecule has 0 bridgehead atoms. The summed E-state index contributed by atoms with van der Waals surface area (Å²) in [6, 6.07) is 0. The molecule has 0 fully saturated rings. The van der Waals surface area contributed by atoms with Gasteiger partial charge in [0.05, 0.1) is 6.61 Å². The summed E-state index contributed by atoms with van der Waals surface area (Å²) in [7, 11) is 0. The molecule has 86 valence electrons. The van der Waals surface area contributed by atoms with Crippen LogP contribution < -0.4 is 0 Å². The molecule has 0 saturated heterocycles. The largest absolute Gasteiger partial charge is 0.462 e. The summed E-state index contributed by atoms with van der Waals surface area (Å²) in [4.78, 5) is 11.2. The standard InChI is InChI=1S/C13H22O2/c1-4-6-7-8-9-10-11-15-13(14)12(3)5-2/h5,7-8H,4,6,9-11H2,1-3H3/b8-7+,12-5+. The van der Waals surface area contributed by atoms with E-state index in [0.717, 1.165) is 19.3 Å². The van der Waals surface area contributed by atoms with E-state index < -0.39 is 0 Å². The topological polar surface area (TPSA) is 26.3 Å². The van der Waals surface area contributed by atoms with Crippen molar-refractivity contribution < 1.29 is 9.53 Å². The molecule has 0 aromatic heterocycles. The van der Waals surface area contributed by atoms with E-state index in [1.54, 1.807) is 13.0 Å². The summed E-state index contributed by atoms with van der Waals surface area (Å²) in [6.45, 7) is 6.28. The molecule has 0 aliphatic rings. The van der Waals surface area contributed by atoms with E-state index in [1.807, 2.05) is 6.92 Å². The SMILES string of the molecule is C/C=C(\C)C(=O)OCCC/C=C/CCC. The first-order chi connectivity index (χ1) is 7.22. The van der Waals surface area contributed by atoms with Crippen LogP contribution in [0.3, 0.4) is 0 Å². The van der Waals surface area contributed by atoms with Gasteiger partial charge in [0.15, 0.2) is 0 Å². The van der Waals surface area contributed by atoms with E-state index in [0.29, 0.717) is 12.2 Å². The van der Waals surface area contributed by atoms with Gasteiger partial charge in [-0.3, -0.25) is 0 Å². The van der Waals surface area contributed by atoms with E-state index in [9.17, 15) is 4.79 Å². The fourth-order valence-electron chi connectivity index (χ4n) is 1.00. The van der Waals surface area contributed by atoms with Crippen LogP contribution in [0.15, 0.2) is 23.8 Å². The van der Waals surface area contributed by atoms with Crippen LogP contribution in [0.4, 0.5) is 0 Å². The molecule has 0 aliphatic heterocycles. The van der Waals surface area contributed by atoms with Crippen molar-refractivity contribution in [3.05, 3.63) is 23.8 Å². The Morgan fingerprint density at radius 3 is 2.53 bits per heavy atom. The van der Waals surface area contributed by atoms with Gasteiger partial charge in [0.1, 0.15) is 0 Å². The van der Waals surface area contributed by atoms with Crippen LogP contribution in [0.25, 0.3) is 0 Å². The Morgan fingerprint density at radius 1 is 1.27 bits per heavy atom. The van der Waals surface area contributed by atoms with E-state index in [4.69, 9.17) is 4.74 Å². The number of unbranched alkanes of at least 4 members (excludes halogenated alkanes) is 2. The molecular weight excluding hydrogens is 188 g/mol. The van der Waals surface area contributed by atoms with E-state index in [1.165, 1.54) is 6.42 Å². The van der Waals surface area contributed by atoms with E-state index in [-0.39, 0.29) is 5.97 Å². The van der Waals surface area contributed by atoms with Crippen molar-refractivity contribution in [3.8, 4) is 0 Å². The zero-order valence-corrected chi connectivity index (χ0v) is 10.1. The summed E-state index contributed by atoms with van der Waals surface area (Å²) in [5.41, 5.74) is 0.677. The van der Waals surface area contributed by atoms with Crippen molar-refractivity contribution >= 4 is 5.97 Å². The lowest BCUT2D eigenvalue weighted by Crippen LogP contribution is -2.06. The molecule has 0 N–H and O–H groups in total. The summed E-state index contributed by atoms with van der Waals surface area (Å²) in [6.07, 6.45) is 10.3. The highest BCUT2D eigenvalue weighted by Gasteiger charge is 2.02. The molecule has 0 saturated carbocycles. The minimum Gasteiger partial charge on any atom is -0.462 e. The molecule has 0 atom stereocenters. The monoisotopic (exact) mass is 210 g/mol. The highest BCUT2D eigenvalue weighted by atomic mass is 16.5. The smallest absolute Gasteiger partial charge is 0.333 e. The van der Waals surface area contributed by atoms with Crippen molar-refractivity contribution in [1.29, 1.82) is 0 Å². The Morgan fingerprint density at radius 2 is 1.93 bits per heavy atom. The Bertz CT molecular complexity index is 227. The second kappa shape index (κ2) is 9.50. The molecule has 2 nitrogen and oxygen atoms in total. The van der Waals surface area contributed by atoms with Gasteiger partial charge in [0.2, 0.25) is 0 Å². The van der Waals surface area contributed by atoms with Crippen LogP contribution in [0.2, 0.25) is 0 Å². The van der Waals surface area contributed by atoms with Crippen LogP contribution >= 0.6 is 0 Å². The maximum atomic E-state index is 11.2. The highest BCUT2D eigenvalue weighted by Crippen LogP contribution is 1.99. The van der Waals surface area contributed by atoms with Gasteiger partial charge in [-0.2, -0.15) is 0 Å². The van der Waals surface area contributed by atoms with Crippen molar-refractivity contribution in [2.24, 2.45) is 0 Å². The molecule has 0 aromatic rings. The number of hydrogen-bond donors (Lipinski definition) is 0. The number of carbonyl (C=O) groups is 1. The molecule has 15 heavy (non-hydrogen) atoms. The zero-order chi connectivity index (χ0) is 11.5. The summed E-state index contributed by atoms with van der Waals surface area (Å²) in [5.74, 6) is -0.199. The highest BCUT2D eigenvalue weighted by molar-refractivity contribution is 5.87. The van der Waals surface area contributed by atoms with Gasteiger partial charge in [-0.1, -0.05) is 31.6 Å². The Kier molecular flexibility index (Phi) is 8.84. The van der Waals surface area contributed by atoms with Gasteiger partial charge in [-0.05, 0) is 33.1 Å². The summed E-state index contributed by atoms with van der Waals surface area (Å²) in [5, 5.41) is 0. The maximum absolute atomic E-state index is 11.2. The van der Waals surface area contributed by atoms with Crippen molar-refractivity contribution in [2.75, 3.05) is 6.61 Å². The fraction of sp³-hybridized carbons (Fsp3) is 0.615. The summed E-state index contributed by atoms with van der Waals surface area (Å²) >= 11 is 0. The number of carbonyl (C=O) groups excluding carboxylic acids is 1. The van der Waals surface area contributed by atoms with Crippen molar-refractivity contribution in [2.45, 2.75) is 46.5 Å². The fourth-order valence-corrected chi connectivity index (χ4v) is 1.00. The molecule has 2 heteroatoms. The zero-order valence-electron chi connectivity index (χ0n) is 10.1. The van der Waals surface area contributed by atoms with Crippen LogP contribution in [0, 0.1) is 0 Å². The van der Waals surface area contributed by atoms with Crippen molar-refractivity contribution in [1.82, 2.24) is 0 Å². The quantitative estimate of drug-likeness (QED) is 0.277. The molecule has 0 aromatic carbocycles. The van der Waals surface area contributed by atoms with Gasteiger partial charge in [0, 0.05) is 5.57 Å². The van der Waals surface area contributed by atoms with E-state index >= 15 is 0 Å². The molecule has 0 spiro atoms. The first-order valence-electron chi connectivity index (χ1n) is 5.67. The number of hydrogen-bond acceptors (Lipinski definition) is 2. The molecule has 0 amide bonds. The molecule has 0 heterocycles. The van der Waals surface area contributed by atoms with Gasteiger partial charge in [-0.15, -0.1) is 0 Å². The average Bonchev–Trinajstić information content (AvgIpc) is 2.26. The first kappa shape index (κ1) is 13.9. The number of ether oxygens (including phenoxy) is 1. The third-order valence-corrected chi connectivity index (χ3v) is 2.13. The lowest BCUT2D eigenvalue weighted by Gasteiger charge is -2.02. The molecule has 0 rings (SSSR count).